The van der Waals surface area contributed by atoms with Crippen molar-refractivity contribution in [2.24, 2.45) is 0 Å². The Hall–Kier alpha value is -2.96. The molecule has 0 aliphatic carbocycles. The Balaban J connectivity index is 2.37. The Morgan fingerprint density at radius 3 is 2.38 bits per heavy atom. The normalized spacial score (nSPS) is 10.2. The minimum absolute atomic E-state index is 0.163. The second-order valence-electron chi connectivity index (χ2n) is 4.20. The van der Waals surface area contributed by atoms with Crippen molar-refractivity contribution in [1.82, 2.24) is 0 Å². The van der Waals surface area contributed by atoms with Crippen molar-refractivity contribution in [1.29, 1.82) is 0 Å². The molecule has 108 valence electrons. The minimum Gasteiger partial charge on any atom is -0.478 e. The van der Waals surface area contributed by atoms with E-state index in [1.165, 1.54) is 18.2 Å². The van der Waals surface area contributed by atoms with E-state index in [1.54, 1.807) is 6.07 Å². The molecule has 0 heterocycles. The number of rotatable bonds is 3. The third-order valence-electron chi connectivity index (χ3n) is 2.69. The third kappa shape index (κ3) is 3.14. The van der Waals surface area contributed by atoms with Gasteiger partial charge < -0.3 is 16.2 Å². The van der Waals surface area contributed by atoms with E-state index in [1.807, 2.05) is 0 Å². The van der Waals surface area contributed by atoms with Crippen LogP contribution in [0.3, 0.4) is 0 Å². The predicted octanol–water partition coefficient (Wildman–Crippen LogP) is 2.50. The molecule has 2 rings (SSSR count). The molecule has 0 aromatic heterocycles. The fourth-order valence-electron chi connectivity index (χ4n) is 1.70. The van der Waals surface area contributed by atoms with Gasteiger partial charge in [-0.15, -0.1) is 0 Å². The zero-order valence-corrected chi connectivity index (χ0v) is 10.6. The molecule has 4 N–H and O–H groups in total. The van der Waals surface area contributed by atoms with Crippen molar-refractivity contribution in [3.05, 3.63) is 59.2 Å². The monoisotopic (exact) mass is 292 g/mol. The van der Waals surface area contributed by atoms with Gasteiger partial charge in [-0.05, 0) is 24.3 Å². The first-order valence-corrected chi connectivity index (χ1v) is 5.77. The van der Waals surface area contributed by atoms with E-state index in [0.717, 1.165) is 0 Å². The number of nitrogens with two attached hydrogens (primary N) is 1. The summed E-state index contributed by atoms with van der Waals surface area (Å²) < 4.78 is 26.3. The Morgan fingerprint density at radius 1 is 1.10 bits per heavy atom. The number of carboxylic acids is 1. The Morgan fingerprint density at radius 2 is 1.76 bits per heavy atom. The maximum atomic E-state index is 13.2. The summed E-state index contributed by atoms with van der Waals surface area (Å²) in [5, 5.41) is 11.2. The molecule has 0 unspecified atom stereocenters. The molecule has 1 amide bonds. The van der Waals surface area contributed by atoms with Crippen LogP contribution >= 0.6 is 0 Å². The predicted molar refractivity (Wildman–Crippen MR) is 72.1 cm³/mol. The molecular formula is C14H10F2N2O3. The van der Waals surface area contributed by atoms with Gasteiger partial charge in [0.2, 0.25) is 0 Å². The van der Waals surface area contributed by atoms with Crippen LogP contribution < -0.4 is 11.1 Å². The Bertz CT molecular complexity index is 732. The first kappa shape index (κ1) is 14.4. The molecule has 0 aliphatic rings. The van der Waals surface area contributed by atoms with E-state index >= 15 is 0 Å². The number of carbonyl (C=O) groups excluding carboxylic acids is 1. The molecule has 5 nitrogen and oxygen atoms in total. The molecule has 0 spiro atoms. The first-order valence-electron chi connectivity index (χ1n) is 5.77. The van der Waals surface area contributed by atoms with Gasteiger partial charge in [0, 0.05) is 17.3 Å². The van der Waals surface area contributed by atoms with Gasteiger partial charge in [0.1, 0.15) is 0 Å². The lowest BCUT2D eigenvalue weighted by atomic mass is 10.1. The average molecular weight is 292 g/mol. The van der Waals surface area contributed by atoms with Crippen LogP contribution in [-0.2, 0) is 0 Å². The smallest absolute Gasteiger partial charge is 0.337 e. The topological polar surface area (TPSA) is 92.4 Å². The van der Waals surface area contributed by atoms with Crippen LogP contribution in [-0.4, -0.2) is 17.0 Å². The lowest BCUT2D eigenvalue weighted by Crippen LogP contribution is -2.15. The molecule has 0 radical (unpaired) electrons. The molecule has 2 aromatic rings. The van der Waals surface area contributed by atoms with Crippen LogP contribution in [0.4, 0.5) is 20.2 Å². The molecule has 21 heavy (non-hydrogen) atoms. The van der Waals surface area contributed by atoms with Gasteiger partial charge in [0.05, 0.1) is 11.3 Å². The number of carbonyl (C=O) groups is 2. The van der Waals surface area contributed by atoms with Crippen molar-refractivity contribution < 1.29 is 23.5 Å². The van der Waals surface area contributed by atoms with E-state index < -0.39 is 29.1 Å². The molecule has 0 saturated heterocycles. The summed E-state index contributed by atoms with van der Waals surface area (Å²) in [6.45, 7) is 0. The summed E-state index contributed by atoms with van der Waals surface area (Å²) >= 11 is 0. The second-order valence-corrected chi connectivity index (χ2v) is 4.20. The molecular weight excluding hydrogens is 282 g/mol. The highest BCUT2D eigenvalue weighted by Gasteiger charge is 2.17. The molecule has 0 fully saturated rings. The molecule has 0 saturated carbocycles. The van der Waals surface area contributed by atoms with Gasteiger partial charge in [0.15, 0.2) is 11.6 Å². The SMILES string of the molecule is Nc1cccc(C(=O)Nc2cc(F)c(F)cc2C(=O)O)c1. The Kier molecular flexibility index (Phi) is 3.84. The molecule has 2 aromatic carbocycles. The van der Waals surface area contributed by atoms with Crippen LogP contribution in [0, 0.1) is 11.6 Å². The number of amides is 1. The number of hydrogen-bond acceptors (Lipinski definition) is 3. The summed E-state index contributed by atoms with van der Waals surface area (Å²) in [5.74, 6) is -4.75. The van der Waals surface area contributed by atoms with E-state index in [9.17, 15) is 18.4 Å². The Labute approximate surface area is 118 Å². The van der Waals surface area contributed by atoms with Gasteiger partial charge in [-0.2, -0.15) is 0 Å². The van der Waals surface area contributed by atoms with Crippen molar-refractivity contribution in [3.63, 3.8) is 0 Å². The number of hydrogen-bond donors (Lipinski definition) is 3. The number of nitrogen functional groups attached to an aromatic ring is 1. The highest BCUT2D eigenvalue weighted by molar-refractivity contribution is 6.08. The zero-order valence-electron chi connectivity index (χ0n) is 10.6. The highest BCUT2D eigenvalue weighted by Crippen LogP contribution is 2.21. The lowest BCUT2D eigenvalue weighted by Gasteiger charge is -2.09. The fourth-order valence-corrected chi connectivity index (χ4v) is 1.70. The van der Waals surface area contributed by atoms with E-state index in [-0.39, 0.29) is 11.3 Å². The second kappa shape index (κ2) is 5.58. The molecule has 0 bridgehead atoms. The van der Waals surface area contributed by atoms with E-state index in [4.69, 9.17) is 10.8 Å². The number of aromatic carboxylic acids is 1. The minimum atomic E-state index is -1.49. The summed E-state index contributed by atoms with van der Waals surface area (Å²) in [6.07, 6.45) is 0. The summed E-state index contributed by atoms with van der Waals surface area (Å²) in [4.78, 5) is 23.0. The van der Waals surface area contributed by atoms with Crippen molar-refractivity contribution in [2.45, 2.75) is 0 Å². The maximum Gasteiger partial charge on any atom is 0.337 e. The number of halogens is 2. The maximum absolute atomic E-state index is 13.2. The largest absolute Gasteiger partial charge is 0.478 e. The number of benzene rings is 2. The number of nitrogens with one attached hydrogen (secondary N) is 1. The van der Waals surface area contributed by atoms with Gasteiger partial charge in [-0.1, -0.05) is 6.07 Å². The number of carboxylic acid groups (broad SMARTS) is 1. The number of anilines is 2. The quantitative estimate of drug-likeness (QED) is 0.758. The van der Waals surface area contributed by atoms with E-state index in [2.05, 4.69) is 5.32 Å². The van der Waals surface area contributed by atoms with Crippen LogP contribution in [0.5, 0.6) is 0 Å². The highest BCUT2D eigenvalue weighted by atomic mass is 19.2. The van der Waals surface area contributed by atoms with Gasteiger partial charge in [0.25, 0.3) is 5.91 Å². The average Bonchev–Trinajstić information content (AvgIpc) is 2.42. The molecule has 7 heteroatoms. The third-order valence-corrected chi connectivity index (χ3v) is 2.69. The fraction of sp³-hybridized carbons (Fsp3) is 0. The van der Waals surface area contributed by atoms with Crippen molar-refractivity contribution in [3.8, 4) is 0 Å². The van der Waals surface area contributed by atoms with Crippen molar-refractivity contribution in [2.75, 3.05) is 11.1 Å². The van der Waals surface area contributed by atoms with Gasteiger partial charge >= 0.3 is 5.97 Å². The zero-order chi connectivity index (χ0) is 15.6. The van der Waals surface area contributed by atoms with Crippen LogP contribution in [0.25, 0.3) is 0 Å². The lowest BCUT2D eigenvalue weighted by molar-refractivity contribution is 0.0697. The summed E-state index contributed by atoms with van der Waals surface area (Å²) in [6, 6.07) is 7.04. The van der Waals surface area contributed by atoms with Crippen LogP contribution in [0.15, 0.2) is 36.4 Å². The summed E-state index contributed by atoms with van der Waals surface area (Å²) in [5.41, 5.74) is 5.14. The van der Waals surface area contributed by atoms with E-state index in [0.29, 0.717) is 17.8 Å². The van der Waals surface area contributed by atoms with Crippen LogP contribution in [0.1, 0.15) is 20.7 Å². The van der Waals surface area contributed by atoms with Gasteiger partial charge in [-0.3, -0.25) is 4.79 Å². The molecule has 0 atom stereocenters. The van der Waals surface area contributed by atoms with Gasteiger partial charge in [-0.25, -0.2) is 13.6 Å². The standard InChI is InChI=1S/C14H10F2N2O3/c15-10-5-9(14(20)21)12(6-11(10)16)18-13(19)7-2-1-3-8(17)4-7/h1-6H,17H2,(H,18,19)(H,20,21). The van der Waals surface area contributed by atoms with Crippen molar-refractivity contribution >= 4 is 23.3 Å². The van der Waals surface area contributed by atoms with Crippen LogP contribution in [0.2, 0.25) is 0 Å². The first-order chi connectivity index (χ1) is 9.88. The summed E-state index contributed by atoms with van der Waals surface area (Å²) in [7, 11) is 0. The molecule has 0 aliphatic heterocycles.